The van der Waals surface area contributed by atoms with Gasteiger partial charge >= 0.3 is 0 Å². The summed E-state index contributed by atoms with van der Waals surface area (Å²) in [6, 6.07) is 18.4. The first-order chi connectivity index (χ1) is 11.2. The molecule has 3 rings (SSSR count). The zero-order valence-corrected chi connectivity index (χ0v) is 13.1. The first-order valence-electron chi connectivity index (χ1n) is 8.06. The molecule has 1 aliphatic rings. The van der Waals surface area contributed by atoms with Crippen LogP contribution in [0.1, 0.15) is 17.5 Å². The second-order valence-electron chi connectivity index (χ2n) is 5.84. The SMILES string of the molecule is O=C(N1CCCNCC1)C(O)(c1ccccc1)c1ccccc1. The molecule has 1 saturated heterocycles. The van der Waals surface area contributed by atoms with E-state index in [9.17, 15) is 9.90 Å². The Labute approximate surface area is 136 Å². The molecule has 4 nitrogen and oxygen atoms in total. The molecule has 1 heterocycles. The number of aliphatic hydroxyl groups is 1. The Hall–Kier alpha value is -2.17. The van der Waals surface area contributed by atoms with Gasteiger partial charge < -0.3 is 15.3 Å². The van der Waals surface area contributed by atoms with Crippen molar-refractivity contribution in [3.05, 3.63) is 71.8 Å². The molecule has 1 fully saturated rings. The van der Waals surface area contributed by atoms with Gasteiger partial charge in [-0.3, -0.25) is 4.79 Å². The fraction of sp³-hybridized carbons (Fsp3) is 0.316. The largest absolute Gasteiger partial charge is 0.372 e. The van der Waals surface area contributed by atoms with E-state index in [4.69, 9.17) is 0 Å². The summed E-state index contributed by atoms with van der Waals surface area (Å²) >= 11 is 0. The van der Waals surface area contributed by atoms with Crippen LogP contribution in [0.25, 0.3) is 0 Å². The first kappa shape index (κ1) is 15.7. The van der Waals surface area contributed by atoms with E-state index in [1.54, 1.807) is 29.2 Å². The minimum Gasteiger partial charge on any atom is -0.372 e. The van der Waals surface area contributed by atoms with Crippen molar-refractivity contribution in [3.63, 3.8) is 0 Å². The topological polar surface area (TPSA) is 52.6 Å². The summed E-state index contributed by atoms with van der Waals surface area (Å²) in [6.45, 7) is 2.93. The van der Waals surface area contributed by atoms with Crippen molar-refractivity contribution in [1.82, 2.24) is 10.2 Å². The molecule has 0 spiro atoms. The Kier molecular flexibility index (Phi) is 4.74. The predicted octanol–water partition coefficient (Wildman–Crippen LogP) is 1.74. The zero-order chi connectivity index (χ0) is 16.1. The molecule has 0 unspecified atom stereocenters. The van der Waals surface area contributed by atoms with Gasteiger partial charge in [-0.15, -0.1) is 0 Å². The van der Waals surface area contributed by atoms with E-state index in [2.05, 4.69) is 5.32 Å². The maximum Gasteiger partial charge on any atom is 0.264 e. The van der Waals surface area contributed by atoms with Crippen molar-refractivity contribution in [2.24, 2.45) is 0 Å². The lowest BCUT2D eigenvalue weighted by Gasteiger charge is -2.33. The number of nitrogens with zero attached hydrogens (tertiary/aromatic N) is 1. The molecular formula is C19H22N2O2. The van der Waals surface area contributed by atoms with Crippen LogP contribution in [0.15, 0.2) is 60.7 Å². The van der Waals surface area contributed by atoms with Gasteiger partial charge in [0.05, 0.1) is 0 Å². The van der Waals surface area contributed by atoms with E-state index in [0.29, 0.717) is 24.2 Å². The second-order valence-corrected chi connectivity index (χ2v) is 5.84. The summed E-state index contributed by atoms with van der Waals surface area (Å²) in [5.74, 6) is -0.251. The lowest BCUT2D eigenvalue weighted by atomic mass is 9.85. The van der Waals surface area contributed by atoms with E-state index in [0.717, 1.165) is 19.5 Å². The monoisotopic (exact) mass is 310 g/mol. The van der Waals surface area contributed by atoms with Crippen molar-refractivity contribution < 1.29 is 9.90 Å². The zero-order valence-electron chi connectivity index (χ0n) is 13.1. The molecule has 120 valence electrons. The van der Waals surface area contributed by atoms with Crippen molar-refractivity contribution in [1.29, 1.82) is 0 Å². The Morgan fingerprint density at radius 1 is 0.913 bits per heavy atom. The van der Waals surface area contributed by atoms with Gasteiger partial charge in [0.1, 0.15) is 0 Å². The average Bonchev–Trinajstić information content (AvgIpc) is 2.91. The minimum atomic E-state index is -1.65. The Balaban J connectivity index is 2.03. The van der Waals surface area contributed by atoms with Crippen LogP contribution in [0.4, 0.5) is 0 Å². The van der Waals surface area contributed by atoms with Crippen LogP contribution in [-0.4, -0.2) is 42.1 Å². The number of nitrogens with one attached hydrogen (secondary N) is 1. The molecule has 0 atom stereocenters. The van der Waals surface area contributed by atoms with E-state index >= 15 is 0 Å². The van der Waals surface area contributed by atoms with Crippen LogP contribution in [0.5, 0.6) is 0 Å². The number of carbonyl (C=O) groups is 1. The third kappa shape index (κ3) is 3.14. The molecule has 2 aromatic rings. The van der Waals surface area contributed by atoms with E-state index in [1.807, 2.05) is 36.4 Å². The van der Waals surface area contributed by atoms with Gasteiger partial charge in [-0.05, 0) is 24.1 Å². The van der Waals surface area contributed by atoms with Crippen molar-refractivity contribution in [2.45, 2.75) is 12.0 Å². The van der Waals surface area contributed by atoms with Crippen LogP contribution in [0.3, 0.4) is 0 Å². The smallest absolute Gasteiger partial charge is 0.264 e. The molecule has 1 amide bonds. The molecule has 0 aromatic heterocycles. The maximum atomic E-state index is 13.2. The number of hydrogen-bond acceptors (Lipinski definition) is 3. The van der Waals surface area contributed by atoms with Crippen LogP contribution >= 0.6 is 0 Å². The van der Waals surface area contributed by atoms with Crippen LogP contribution in [0, 0.1) is 0 Å². The van der Waals surface area contributed by atoms with Crippen molar-refractivity contribution in [3.8, 4) is 0 Å². The van der Waals surface area contributed by atoms with Gasteiger partial charge in [0.2, 0.25) is 0 Å². The lowest BCUT2D eigenvalue weighted by molar-refractivity contribution is -0.148. The van der Waals surface area contributed by atoms with Crippen molar-refractivity contribution in [2.75, 3.05) is 26.2 Å². The lowest BCUT2D eigenvalue weighted by Crippen LogP contribution is -2.48. The highest BCUT2D eigenvalue weighted by Crippen LogP contribution is 2.31. The molecule has 2 aromatic carbocycles. The fourth-order valence-electron chi connectivity index (χ4n) is 3.05. The van der Waals surface area contributed by atoms with Gasteiger partial charge in [0.15, 0.2) is 5.60 Å². The maximum absolute atomic E-state index is 13.2. The summed E-state index contributed by atoms with van der Waals surface area (Å²) in [6.07, 6.45) is 0.894. The average molecular weight is 310 g/mol. The minimum absolute atomic E-state index is 0.251. The summed E-state index contributed by atoms with van der Waals surface area (Å²) in [5, 5.41) is 14.7. The fourth-order valence-corrected chi connectivity index (χ4v) is 3.05. The highest BCUT2D eigenvalue weighted by molar-refractivity contribution is 5.90. The van der Waals surface area contributed by atoms with Crippen LogP contribution < -0.4 is 5.32 Å². The quantitative estimate of drug-likeness (QED) is 0.908. The first-order valence-corrected chi connectivity index (χ1v) is 8.06. The van der Waals surface area contributed by atoms with E-state index in [1.165, 1.54) is 0 Å². The van der Waals surface area contributed by atoms with Gasteiger partial charge in [0.25, 0.3) is 5.91 Å². The molecule has 0 saturated carbocycles. The molecular weight excluding hydrogens is 288 g/mol. The molecule has 0 aliphatic carbocycles. The Bertz CT molecular complexity index is 595. The number of rotatable bonds is 3. The van der Waals surface area contributed by atoms with Crippen LogP contribution in [0.2, 0.25) is 0 Å². The number of benzene rings is 2. The van der Waals surface area contributed by atoms with Gasteiger partial charge in [-0.25, -0.2) is 0 Å². The molecule has 4 heteroatoms. The highest BCUT2D eigenvalue weighted by atomic mass is 16.3. The normalized spacial score (nSPS) is 16.0. The van der Waals surface area contributed by atoms with Crippen molar-refractivity contribution >= 4 is 5.91 Å². The summed E-state index contributed by atoms with van der Waals surface area (Å²) in [4.78, 5) is 15.0. The summed E-state index contributed by atoms with van der Waals surface area (Å²) in [5.41, 5.74) is -0.436. The standard InChI is InChI=1S/C19H22N2O2/c22-18(21-14-7-12-20-13-15-21)19(23,16-8-3-1-4-9-16)17-10-5-2-6-11-17/h1-6,8-11,20,23H,7,12-15H2. The van der Waals surface area contributed by atoms with Gasteiger partial charge in [0, 0.05) is 19.6 Å². The second kappa shape index (κ2) is 6.94. The van der Waals surface area contributed by atoms with E-state index < -0.39 is 5.60 Å². The number of hydrogen-bond donors (Lipinski definition) is 2. The number of carbonyl (C=O) groups excluding carboxylic acids is 1. The third-order valence-electron chi connectivity index (χ3n) is 4.32. The third-order valence-corrected chi connectivity index (χ3v) is 4.32. The molecule has 0 bridgehead atoms. The highest BCUT2D eigenvalue weighted by Gasteiger charge is 2.42. The Morgan fingerprint density at radius 2 is 1.48 bits per heavy atom. The van der Waals surface area contributed by atoms with Gasteiger partial charge in [-0.1, -0.05) is 60.7 Å². The molecule has 1 aliphatic heterocycles. The molecule has 23 heavy (non-hydrogen) atoms. The van der Waals surface area contributed by atoms with E-state index in [-0.39, 0.29) is 5.91 Å². The summed E-state index contributed by atoms with van der Waals surface area (Å²) < 4.78 is 0. The number of amides is 1. The molecule has 2 N–H and O–H groups in total. The molecule has 0 radical (unpaired) electrons. The predicted molar refractivity (Wildman–Crippen MR) is 89.9 cm³/mol. The van der Waals surface area contributed by atoms with Crippen LogP contribution in [-0.2, 0) is 10.4 Å². The summed E-state index contributed by atoms with van der Waals surface area (Å²) in [7, 11) is 0. The Morgan fingerprint density at radius 3 is 2.04 bits per heavy atom. The van der Waals surface area contributed by atoms with Gasteiger partial charge in [-0.2, -0.15) is 0 Å².